The Balaban J connectivity index is 1.27. The number of aromatic nitrogens is 2. The second kappa shape index (κ2) is 15.7. The molecule has 0 radical (unpaired) electrons. The van der Waals surface area contributed by atoms with Crippen LogP contribution in [0.2, 0.25) is 5.02 Å². The van der Waals surface area contributed by atoms with Gasteiger partial charge in [0.25, 0.3) is 5.91 Å². The van der Waals surface area contributed by atoms with E-state index in [1.165, 1.54) is 23.3 Å². The molecule has 3 aliphatic rings. The number of thiazole rings is 1. The normalized spacial score (nSPS) is 22.9. The second-order valence-electron chi connectivity index (χ2n) is 15.2. The van der Waals surface area contributed by atoms with E-state index in [9.17, 15) is 22.8 Å². The molecule has 3 heterocycles. The van der Waals surface area contributed by atoms with Crippen LogP contribution in [0.3, 0.4) is 0 Å². The number of ether oxygens (including phenoxy) is 2. The highest BCUT2D eigenvalue weighted by Crippen LogP contribution is 2.46. The first-order chi connectivity index (χ1) is 25.6. The molecule has 0 spiro atoms. The van der Waals surface area contributed by atoms with Crippen LogP contribution in [-0.2, 0) is 19.6 Å². The Labute approximate surface area is 325 Å². The van der Waals surface area contributed by atoms with E-state index in [-0.39, 0.29) is 31.2 Å². The number of pyridine rings is 1. The Bertz CT molecular complexity index is 2050. The van der Waals surface area contributed by atoms with E-state index in [2.05, 4.69) is 35.8 Å². The fourth-order valence-corrected chi connectivity index (χ4v) is 9.26. The first-order valence-corrected chi connectivity index (χ1v) is 21.2. The summed E-state index contributed by atoms with van der Waals surface area (Å²) in [4.78, 5) is 52.4. The average Bonchev–Trinajstić information content (AvgIpc) is 3.86. The predicted octanol–water partition coefficient (Wildman–Crippen LogP) is 6.31. The van der Waals surface area contributed by atoms with Gasteiger partial charge >= 0.3 is 6.03 Å². The largest absolute Gasteiger partial charge is 0.495 e. The summed E-state index contributed by atoms with van der Waals surface area (Å²) in [7, 11) is -2.40. The van der Waals surface area contributed by atoms with Crippen LogP contribution >= 0.6 is 22.9 Å². The predicted molar refractivity (Wildman–Crippen MR) is 209 cm³/mol. The SMILES string of the molecule is C=CCCCCCNC(=O)N1C[C@H](Oc2cc(-c3nc(C(C)C)cs3)nc3c(Cl)c(OC)ccc23)C[C@H]1C(=O)N[C@]1(C(=O)NS(=O)(=O)C2(C)CC2)C[C@H]1C. The molecule has 0 bridgehead atoms. The van der Waals surface area contributed by atoms with Gasteiger partial charge in [-0.15, -0.1) is 17.9 Å². The molecule has 3 N–H and O–H groups in total. The van der Waals surface area contributed by atoms with Crippen molar-refractivity contribution >= 4 is 61.7 Å². The fourth-order valence-electron chi connectivity index (χ4n) is 6.72. The number of nitrogens with zero attached hydrogens (tertiary/aromatic N) is 3. The Morgan fingerprint density at radius 1 is 1.17 bits per heavy atom. The van der Waals surface area contributed by atoms with Crippen LogP contribution in [0, 0.1) is 5.92 Å². The number of carbonyl (C=O) groups excluding carboxylic acids is 3. The van der Waals surface area contributed by atoms with Crippen LogP contribution in [0.4, 0.5) is 4.79 Å². The number of fused-ring (bicyclic) bond motifs is 1. The molecule has 16 heteroatoms. The van der Waals surface area contributed by atoms with Gasteiger partial charge in [-0.1, -0.05) is 44.9 Å². The van der Waals surface area contributed by atoms with Crippen molar-refractivity contribution in [3.05, 3.63) is 47.0 Å². The molecule has 4 atom stereocenters. The number of urea groups is 1. The van der Waals surface area contributed by atoms with Crippen molar-refractivity contribution in [1.29, 1.82) is 0 Å². The minimum absolute atomic E-state index is 0.0691. The number of sulfonamides is 1. The average molecular weight is 801 g/mol. The van der Waals surface area contributed by atoms with Crippen molar-refractivity contribution in [3.8, 4) is 22.2 Å². The summed E-state index contributed by atoms with van der Waals surface area (Å²) in [6.45, 7) is 11.7. The number of benzene rings is 1. The van der Waals surface area contributed by atoms with Gasteiger partial charge in [-0.25, -0.2) is 23.2 Å². The summed E-state index contributed by atoms with van der Waals surface area (Å²) >= 11 is 8.24. The third kappa shape index (κ3) is 8.04. The number of rotatable bonds is 16. The lowest BCUT2D eigenvalue weighted by Gasteiger charge is -2.27. The van der Waals surface area contributed by atoms with Gasteiger partial charge in [0.2, 0.25) is 15.9 Å². The van der Waals surface area contributed by atoms with Crippen molar-refractivity contribution in [2.24, 2.45) is 5.92 Å². The highest BCUT2D eigenvalue weighted by atomic mass is 35.5. The molecule has 3 aromatic rings. The Kier molecular flexibility index (Phi) is 11.5. The van der Waals surface area contributed by atoms with Crippen molar-refractivity contribution in [1.82, 2.24) is 30.2 Å². The highest BCUT2D eigenvalue weighted by Gasteiger charge is 2.62. The summed E-state index contributed by atoms with van der Waals surface area (Å²) in [6, 6.07) is 3.88. The second-order valence-corrected chi connectivity index (χ2v) is 18.6. The van der Waals surface area contributed by atoms with Gasteiger partial charge in [0.05, 0.1) is 29.6 Å². The molecule has 1 saturated heterocycles. The Morgan fingerprint density at radius 3 is 2.54 bits per heavy atom. The van der Waals surface area contributed by atoms with Gasteiger partial charge in [0, 0.05) is 29.8 Å². The van der Waals surface area contributed by atoms with Gasteiger partial charge in [0.15, 0.2) is 0 Å². The van der Waals surface area contributed by atoms with Crippen molar-refractivity contribution < 1.29 is 32.3 Å². The number of likely N-dealkylation sites (tertiary alicyclic amines) is 1. The molecule has 2 aromatic heterocycles. The maximum atomic E-state index is 14.1. The zero-order valence-electron chi connectivity index (χ0n) is 31.4. The molecule has 3 fully saturated rings. The van der Waals surface area contributed by atoms with Crippen LogP contribution in [0.15, 0.2) is 36.2 Å². The lowest BCUT2D eigenvalue weighted by molar-refractivity contribution is -0.131. The first kappa shape index (κ1) is 39.7. The number of hydrogen-bond donors (Lipinski definition) is 3. The molecular weight excluding hydrogens is 752 g/mol. The van der Waals surface area contributed by atoms with Crippen LogP contribution in [-0.4, -0.2) is 83.8 Å². The van der Waals surface area contributed by atoms with Crippen molar-refractivity contribution in [2.45, 2.75) is 107 Å². The van der Waals surface area contributed by atoms with E-state index < -0.39 is 50.3 Å². The van der Waals surface area contributed by atoms with Crippen LogP contribution in [0.25, 0.3) is 21.6 Å². The van der Waals surface area contributed by atoms with Gasteiger partial charge in [-0.2, -0.15) is 0 Å². The molecule has 54 heavy (non-hydrogen) atoms. The molecule has 13 nitrogen and oxygen atoms in total. The quantitative estimate of drug-likeness (QED) is 0.111. The molecular formula is C38H49ClN6O7S2. The number of allylic oxidation sites excluding steroid dienone is 1. The van der Waals surface area contributed by atoms with E-state index in [1.54, 1.807) is 32.0 Å². The summed E-state index contributed by atoms with van der Waals surface area (Å²) in [6.07, 6.45) is 6.03. The summed E-state index contributed by atoms with van der Waals surface area (Å²) < 4.78 is 39.2. The van der Waals surface area contributed by atoms with E-state index in [0.717, 1.165) is 31.4 Å². The minimum atomic E-state index is -3.92. The number of unbranched alkanes of at least 4 members (excludes halogenated alkanes) is 3. The van der Waals surface area contributed by atoms with Gasteiger partial charge in [-0.05, 0) is 69.4 Å². The Morgan fingerprint density at radius 2 is 1.91 bits per heavy atom. The van der Waals surface area contributed by atoms with E-state index >= 15 is 0 Å². The van der Waals surface area contributed by atoms with E-state index in [4.69, 9.17) is 31.0 Å². The molecule has 0 unspecified atom stereocenters. The molecule has 1 aliphatic heterocycles. The minimum Gasteiger partial charge on any atom is -0.495 e. The zero-order valence-corrected chi connectivity index (χ0v) is 33.8. The highest BCUT2D eigenvalue weighted by molar-refractivity contribution is 7.91. The number of amides is 4. The molecule has 1 aromatic carbocycles. The monoisotopic (exact) mass is 800 g/mol. The summed E-state index contributed by atoms with van der Waals surface area (Å²) in [5, 5.41) is 9.39. The lowest BCUT2D eigenvalue weighted by atomic mass is 10.1. The number of halogens is 1. The van der Waals surface area contributed by atoms with E-state index in [0.29, 0.717) is 57.5 Å². The fraction of sp³-hybridized carbons (Fsp3) is 0.553. The molecule has 6 rings (SSSR count). The maximum Gasteiger partial charge on any atom is 0.318 e. The molecule has 2 aliphatic carbocycles. The molecule has 292 valence electrons. The Hall–Kier alpha value is -3.95. The number of hydrogen-bond acceptors (Lipinski definition) is 10. The molecule has 4 amide bonds. The van der Waals surface area contributed by atoms with Crippen LogP contribution < -0.4 is 24.8 Å². The van der Waals surface area contributed by atoms with Crippen molar-refractivity contribution in [2.75, 3.05) is 20.2 Å². The lowest BCUT2D eigenvalue weighted by Crippen LogP contribution is -2.57. The van der Waals surface area contributed by atoms with E-state index in [1.807, 2.05) is 11.5 Å². The van der Waals surface area contributed by atoms with Crippen LogP contribution in [0.1, 0.15) is 90.7 Å². The summed E-state index contributed by atoms with van der Waals surface area (Å²) in [5.41, 5.74) is 0.525. The number of carbonyl (C=O) groups is 3. The van der Waals surface area contributed by atoms with Gasteiger partial charge in [-0.3, -0.25) is 14.3 Å². The van der Waals surface area contributed by atoms with Crippen molar-refractivity contribution in [3.63, 3.8) is 0 Å². The number of nitrogens with one attached hydrogen (secondary N) is 3. The topological polar surface area (TPSA) is 169 Å². The number of methoxy groups -OCH3 is 1. The third-order valence-corrected chi connectivity index (χ3v) is 14.2. The van der Waals surface area contributed by atoms with Crippen LogP contribution in [0.5, 0.6) is 11.5 Å². The standard InChI is InChI=1S/C38H49ClN6O7S2/c1-7-8-9-10-11-16-40-36(48)45-20-24(17-28(45)33(46)43-38(19-23(38)4)35(47)44-54(49,50)37(5)14-15-37)52-30-18-26(34-42-27(21-53-34)22(2)3)41-32-25(30)12-13-29(51-6)31(32)39/h7,12-13,18,21-24,28H,1,8-11,14-17,19-20H2,2-6H3,(H,40,48)(H,43,46)(H,44,47)/t23-,24-,28+,38-/m1/s1. The maximum absolute atomic E-state index is 14.1. The third-order valence-electron chi connectivity index (χ3n) is 10.8. The summed E-state index contributed by atoms with van der Waals surface area (Å²) in [5.74, 6) is -0.522. The van der Waals surface area contributed by atoms with Gasteiger partial charge in [0.1, 0.15) is 44.9 Å². The smallest absolute Gasteiger partial charge is 0.318 e. The zero-order chi connectivity index (χ0) is 39.0. The van der Waals surface area contributed by atoms with Gasteiger partial charge < -0.3 is 25.0 Å². The molecule has 2 saturated carbocycles. The first-order valence-electron chi connectivity index (χ1n) is 18.5.